The Balaban J connectivity index is 4.25. The van der Waals surface area contributed by atoms with Gasteiger partial charge in [-0.15, -0.1) is 0 Å². The van der Waals surface area contributed by atoms with Crippen molar-refractivity contribution in [3.63, 3.8) is 0 Å². The van der Waals surface area contributed by atoms with Gasteiger partial charge in [-0.1, -0.05) is 27.2 Å². The van der Waals surface area contributed by atoms with Gasteiger partial charge in [0.2, 0.25) is 0 Å². The molecule has 3 N–H and O–H groups in total. The summed E-state index contributed by atoms with van der Waals surface area (Å²) in [7, 11) is 0. The third-order valence-corrected chi connectivity index (χ3v) is 3.05. The van der Waals surface area contributed by atoms with Gasteiger partial charge in [-0.3, -0.25) is 0 Å². The van der Waals surface area contributed by atoms with Crippen molar-refractivity contribution >= 4 is 12.2 Å². The summed E-state index contributed by atoms with van der Waals surface area (Å²) >= 11 is 0. The summed E-state index contributed by atoms with van der Waals surface area (Å²) in [5.74, 6) is 0. The summed E-state index contributed by atoms with van der Waals surface area (Å²) in [5.41, 5.74) is -0.375. The van der Waals surface area contributed by atoms with Crippen LogP contribution in [0.15, 0.2) is 0 Å². The predicted octanol–water partition coefficient (Wildman–Crippen LogP) is 2.59. The maximum absolute atomic E-state index is 11.5. The van der Waals surface area contributed by atoms with E-state index in [2.05, 4.69) is 10.6 Å². The van der Waals surface area contributed by atoms with Crippen LogP contribution in [0.5, 0.6) is 0 Å². The number of amides is 2. The Morgan fingerprint density at radius 3 is 2.47 bits per heavy atom. The molecule has 19 heavy (non-hydrogen) atoms. The minimum absolute atomic E-state index is 0.0714. The molecule has 2 atom stereocenters. The van der Waals surface area contributed by atoms with Gasteiger partial charge in [-0.05, 0) is 19.8 Å². The third-order valence-electron chi connectivity index (χ3n) is 3.05. The zero-order valence-electron chi connectivity index (χ0n) is 12.3. The van der Waals surface area contributed by atoms with Crippen LogP contribution in [0.3, 0.4) is 0 Å². The second-order valence-electron chi connectivity index (χ2n) is 5.25. The van der Waals surface area contributed by atoms with E-state index in [1.54, 1.807) is 0 Å². The average molecular weight is 274 g/mol. The van der Waals surface area contributed by atoms with Crippen molar-refractivity contribution < 1.29 is 19.4 Å². The summed E-state index contributed by atoms with van der Waals surface area (Å²) in [6, 6.07) is 0.0714. The molecule has 0 aromatic heterocycles. The van der Waals surface area contributed by atoms with Crippen molar-refractivity contribution in [2.75, 3.05) is 13.2 Å². The molecular formula is C13H26N2O4. The second-order valence-corrected chi connectivity index (χ2v) is 5.25. The Morgan fingerprint density at radius 2 is 2.00 bits per heavy atom. The van der Waals surface area contributed by atoms with Crippen molar-refractivity contribution in [2.24, 2.45) is 5.41 Å². The lowest BCUT2D eigenvalue weighted by Gasteiger charge is -2.28. The first-order chi connectivity index (χ1) is 8.83. The number of carboxylic acid groups (broad SMARTS) is 1. The van der Waals surface area contributed by atoms with E-state index >= 15 is 0 Å². The van der Waals surface area contributed by atoms with Gasteiger partial charge in [0.1, 0.15) is 6.61 Å². The van der Waals surface area contributed by atoms with Gasteiger partial charge in [0, 0.05) is 18.0 Å². The van der Waals surface area contributed by atoms with Crippen LogP contribution in [0.2, 0.25) is 0 Å². The molecule has 2 amide bonds. The SMILES string of the molecule is CCCC(C)(CNC(=O)O)COC(=O)NC(C)CC. The molecule has 6 heteroatoms. The number of carbonyl (C=O) groups is 2. The summed E-state index contributed by atoms with van der Waals surface area (Å²) < 4.78 is 5.18. The number of nitrogens with one attached hydrogen (secondary N) is 2. The molecule has 0 radical (unpaired) electrons. The normalized spacial score (nSPS) is 15.2. The first-order valence-corrected chi connectivity index (χ1v) is 6.73. The summed E-state index contributed by atoms with van der Waals surface area (Å²) in [4.78, 5) is 22.1. The third kappa shape index (κ3) is 8.29. The Hall–Kier alpha value is -1.46. The van der Waals surface area contributed by atoms with Crippen LogP contribution in [0.4, 0.5) is 9.59 Å². The van der Waals surface area contributed by atoms with Gasteiger partial charge < -0.3 is 20.5 Å². The van der Waals surface area contributed by atoms with Gasteiger partial charge in [0.15, 0.2) is 0 Å². The highest BCUT2D eigenvalue weighted by molar-refractivity contribution is 5.67. The molecule has 112 valence electrons. The smallest absolute Gasteiger partial charge is 0.407 e. The van der Waals surface area contributed by atoms with E-state index in [9.17, 15) is 9.59 Å². The Bertz CT molecular complexity index is 296. The highest BCUT2D eigenvalue weighted by Crippen LogP contribution is 2.22. The van der Waals surface area contributed by atoms with Gasteiger partial charge in [0.05, 0.1) is 0 Å². The molecule has 0 heterocycles. The van der Waals surface area contributed by atoms with Gasteiger partial charge in [0.25, 0.3) is 0 Å². The first-order valence-electron chi connectivity index (χ1n) is 6.73. The molecule has 0 rings (SSSR count). The van der Waals surface area contributed by atoms with Crippen molar-refractivity contribution in [3.8, 4) is 0 Å². The second kappa shape index (κ2) is 8.61. The van der Waals surface area contributed by atoms with E-state index in [-0.39, 0.29) is 24.6 Å². The molecular weight excluding hydrogens is 248 g/mol. The molecule has 0 aromatic rings. The maximum atomic E-state index is 11.5. The van der Waals surface area contributed by atoms with E-state index in [0.717, 1.165) is 19.3 Å². The largest absolute Gasteiger partial charge is 0.465 e. The van der Waals surface area contributed by atoms with Gasteiger partial charge >= 0.3 is 12.2 Å². The molecule has 6 nitrogen and oxygen atoms in total. The van der Waals surface area contributed by atoms with Gasteiger partial charge in [-0.2, -0.15) is 0 Å². The highest BCUT2D eigenvalue weighted by atomic mass is 16.5. The average Bonchev–Trinajstić information content (AvgIpc) is 2.34. The molecule has 0 saturated heterocycles. The van der Waals surface area contributed by atoms with Crippen molar-refractivity contribution in [2.45, 2.75) is 53.0 Å². The van der Waals surface area contributed by atoms with Crippen LogP contribution in [0.25, 0.3) is 0 Å². The summed E-state index contributed by atoms with van der Waals surface area (Å²) in [5, 5.41) is 13.7. The molecule has 2 unspecified atom stereocenters. The number of alkyl carbamates (subject to hydrolysis) is 1. The quantitative estimate of drug-likeness (QED) is 0.635. The van der Waals surface area contributed by atoms with Crippen LogP contribution in [0, 0.1) is 5.41 Å². The molecule has 0 fully saturated rings. The van der Waals surface area contributed by atoms with E-state index in [0.29, 0.717) is 0 Å². The molecule has 0 aliphatic heterocycles. The van der Waals surface area contributed by atoms with E-state index in [4.69, 9.17) is 9.84 Å². The molecule has 0 aliphatic carbocycles. The molecule has 0 aromatic carbocycles. The minimum atomic E-state index is -1.06. The Kier molecular flexibility index (Phi) is 7.95. The van der Waals surface area contributed by atoms with Crippen LogP contribution < -0.4 is 10.6 Å². The lowest BCUT2D eigenvalue weighted by atomic mass is 9.86. The number of hydrogen-bond acceptors (Lipinski definition) is 3. The molecule has 0 spiro atoms. The number of rotatable bonds is 8. The number of carbonyl (C=O) groups excluding carboxylic acids is 1. The van der Waals surface area contributed by atoms with E-state index in [1.165, 1.54) is 0 Å². The lowest BCUT2D eigenvalue weighted by molar-refractivity contribution is 0.0819. The fourth-order valence-electron chi connectivity index (χ4n) is 1.69. The van der Waals surface area contributed by atoms with E-state index in [1.807, 2.05) is 27.7 Å². The zero-order chi connectivity index (χ0) is 14.9. The predicted molar refractivity (Wildman–Crippen MR) is 73.3 cm³/mol. The lowest BCUT2D eigenvalue weighted by Crippen LogP contribution is -2.41. The summed E-state index contributed by atoms with van der Waals surface area (Å²) in [6.07, 6.45) is 0.998. The van der Waals surface area contributed by atoms with Crippen molar-refractivity contribution in [3.05, 3.63) is 0 Å². The molecule has 0 aliphatic rings. The Morgan fingerprint density at radius 1 is 1.37 bits per heavy atom. The first kappa shape index (κ1) is 17.5. The number of hydrogen-bond donors (Lipinski definition) is 3. The molecule has 0 bridgehead atoms. The van der Waals surface area contributed by atoms with Crippen LogP contribution in [-0.4, -0.2) is 36.5 Å². The highest BCUT2D eigenvalue weighted by Gasteiger charge is 2.26. The number of ether oxygens (including phenoxy) is 1. The Labute approximate surface area is 114 Å². The van der Waals surface area contributed by atoms with Crippen molar-refractivity contribution in [1.29, 1.82) is 0 Å². The molecule has 0 saturated carbocycles. The summed E-state index contributed by atoms with van der Waals surface area (Å²) in [6.45, 7) is 8.26. The fraction of sp³-hybridized carbons (Fsp3) is 0.846. The van der Waals surface area contributed by atoms with E-state index < -0.39 is 12.2 Å². The monoisotopic (exact) mass is 274 g/mol. The van der Waals surface area contributed by atoms with Crippen LogP contribution >= 0.6 is 0 Å². The van der Waals surface area contributed by atoms with Crippen molar-refractivity contribution in [1.82, 2.24) is 10.6 Å². The minimum Gasteiger partial charge on any atom is -0.465 e. The van der Waals surface area contributed by atoms with Crippen LogP contribution in [0.1, 0.15) is 47.0 Å². The maximum Gasteiger partial charge on any atom is 0.407 e. The van der Waals surface area contributed by atoms with Crippen LogP contribution in [-0.2, 0) is 4.74 Å². The standard InChI is InChI=1S/C13H26N2O4/c1-5-7-13(4,8-14-11(16)17)9-19-12(18)15-10(3)6-2/h10,14H,5-9H2,1-4H3,(H,15,18)(H,16,17). The zero-order valence-corrected chi connectivity index (χ0v) is 12.3. The topological polar surface area (TPSA) is 87.7 Å². The fourth-order valence-corrected chi connectivity index (χ4v) is 1.69. The van der Waals surface area contributed by atoms with Gasteiger partial charge in [-0.25, -0.2) is 9.59 Å².